The molecule has 0 aromatic rings. The normalized spacial score (nSPS) is 19.8. The highest BCUT2D eigenvalue weighted by atomic mass is 127. The number of aliphatic imine (C=N–C) groups is 2. The fourth-order valence-electron chi connectivity index (χ4n) is 0.381. The Balaban J connectivity index is 4.73. The fraction of sp³-hybridized carbons (Fsp3) is 0.600. The summed E-state index contributed by atoms with van der Waals surface area (Å²) in [4.78, 5) is 7.78. The van der Waals surface area contributed by atoms with E-state index in [-0.39, 0.29) is 0 Å². The minimum Gasteiger partial charge on any atom is -0.368 e. The smallest absolute Gasteiger partial charge is 0.211 e. The largest absolute Gasteiger partial charge is 0.368 e. The highest BCUT2D eigenvalue weighted by molar-refractivity contribution is 14.1. The van der Waals surface area contributed by atoms with E-state index in [9.17, 15) is 5.11 Å². The molecule has 0 heterocycles. The number of rotatable bonds is 2. The van der Waals surface area contributed by atoms with Gasteiger partial charge in [-0.05, 0) is 67.8 Å². The van der Waals surface area contributed by atoms with Crippen LogP contribution in [0.2, 0.25) is 0 Å². The molecule has 0 fully saturated rings. The number of nitrogens with zero attached hydrogens (tertiary/aromatic N) is 2. The van der Waals surface area contributed by atoms with Crippen LogP contribution >= 0.6 is 67.8 Å². The first kappa shape index (κ1) is 12.5. The van der Waals surface area contributed by atoms with E-state index in [1.807, 2.05) is 67.8 Å². The van der Waals surface area contributed by atoms with Crippen molar-refractivity contribution in [3.05, 3.63) is 0 Å². The Hall–Kier alpha value is 1.49. The quantitative estimate of drug-likeness (QED) is 0.359. The molecule has 0 rings (SSSR count). The molecule has 1 N–H and O–H groups in total. The van der Waals surface area contributed by atoms with Gasteiger partial charge in [0.15, 0.2) is 0 Å². The summed E-state index contributed by atoms with van der Waals surface area (Å²) in [5.74, 6) is 0. The van der Waals surface area contributed by atoms with Crippen molar-refractivity contribution in [3.63, 3.8) is 0 Å². The van der Waals surface area contributed by atoms with Crippen molar-refractivity contribution in [1.82, 2.24) is 0 Å². The van der Waals surface area contributed by atoms with Crippen LogP contribution in [0.1, 0.15) is 0 Å². The molecule has 0 aliphatic carbocycles. The summed E-state index contributed by atoms with van der Waals surface area (Å²) >= 11 is 5.89. The van der Waals surface area contributed by atoms with Gasteiger partial charge < -0.3 is 5.11 Å². The van der Waals surface area contributed by atoms with Gasteiger partial charge in [-0.15, -0.1) is 0 Å². The van der Waals surface area contributed by atoms with E-state index in [1.54, 1.807) is 14.1 Å². The standard InChI is InChI=1S/C5H7I3N2O/c1-9-3(6)5(8,11)4(7)10-2/h11H,1-2H3. The molecule has 3 nitrogen and oxygen atoms in total. The summed E-state index contributed by atoms with van der Waals surface area (Å²) < 4.78 is 0.221. The summed E-state index contributed by atoms with van der Waals surface area (Å²) in [5.41, 5.74) is 0. The number of alkyl halides is 1. The topological polar surface area (TPSA) is 45.0 Å². The molecule has 0 radical (unpaired) electrons. The number of aliphatic hydroxyl groups is 1. The molecule has 0 amide bonds. The van der Waals surface area contributed by atoms with Crippen molar-refractivity contribution in [2.75, 3.05) is 14.1 Å². The van der Waals surface area contributed by atoms with Crippen LogP contribution in [0, 0.1) is 0 Å². The molecule has 0 saturated heterocycles. The highest BCUT2D eigenvalue weighted by Crippen LogP contribution is 2.26. The van der Waals surface area contributed by atoms with Crippen LogP contribution in [0.25, 0.3) is 0 Å². The van der Waals surface area contributed by atoms with Gasteiger partial charge >= 0.3 is 0 Å². The van der Waals surface area contributed by atoms with E-state index in [2.05, 4.69) is 9.98 Å². The molecule has 0 bridgehead atoms. The van der Waals surface area contributed by atoms with Gasteiger partial charge in [-0.3, -0.25) is 9.98 Å². The molecule has 0 aromatic heterocycles. The molecule has 6 heteroatoms. The van der Waals surface area contributed by atoms with E-state index in [4.69, 9.17) is 0 Å². The molecule has 0 aliphatic rings. The maximum Gasteiger partial charge on any atom is 0.211 e. The molecular formula is C5H7I3N2O. The van der Waals surface area contributed by atoms with Gasteiger partial charge in [0.25, 0.3) is 0 Å². The lowest BCUT2D eigenvalue weighted by molar-refractivity contribution is 0.298. The van der Waals surface area contributed by atoms with Crippen LogP contribution in [0.3, 0.4) is 0 Å². The zero-order chi connectivity index (χ0) is 9.07. The molecule has 0 saturated carbocycles. The van der Waals surface area contributed by atoms with Gasteiger partial charge in [0.05, 0.1) is 0 Å². The van der Waals surface area contributed by atoms with E-state index in [0.717, 1.165) is 0 Å². The zero-order valence-electron chi connectivity index (χ0n) is 5.98. The second-order valence-electron chi connectivity index (χ2n) is 1.65. The molecule has 64 valence electrons. The van der Waals surface area contributed by atoms with Gasteiger partial charge in [0.2, 0.25) is 3.61 Å². The monoisotopic (exact) mass is 492 g/mol. The lowest BCUT2D eigenvalue weighted by Crippen LogP contribution is -2.33. The van der Waals surface area contributed by atoms with Gasteiger partial charge in [-0.1, -0.05) is 0 Å². The van der Waals surface area contributed by atoms with Gasteiger partial charge in [0, 0.05) is 14.1 Å². The van der Waals surface area contributed by atoms with Gasteiger partial charge in [-0.2, -0.15) is 0 Å². The number of hydrogen-bond acceptors (Lipinski definition) is 3. The Bertz CT molecular complexity index is 180. The van der Waals surface area contributed by atoms with Crippen LogP contribution in [-0.2, 0) is 0 Å². The Morgan fingerprint density at radius 1 is 1.18 bits per heavy atom. The van der Waals surface area contributed by atoms with E-state index < -0.39 is 3.61 Å². The van der Waals surface area contributed by atoms with Crippen molar-refractivity contribution in [2.24, 2.45) is 9.98 Å². The predicted molar refractivity (Wildman–Crippen MR) is 73.7 cm³/mol. The Morgan fingerprint density at radius 2 is 1.45 bits per heavy atom. The molecular weight excluding hydrogens is 485 g/mol. The first-order chi connectivity index (χ1) is 4.96. The second kappa shape index (κ2) is 5.27. The molecule has 0 atom stereocenters. The van der Waals surface area contributed by atoms with E-state index in [0.29, 0.717) is 7.44 Å². The van der Waals surface area contributed by atoms with Crippen LogP contribution in [0.15, 0.2) is 9.98 Å². The minimum atomic E-state index is -1.04. The average molecular weight is 492 g/mol. The lowest BCUT2D eigenvalue weighted by Gasteiger charge is -2.17. The van der Waals surface area contributed by atoms with Crippen LogP contribution in [0.5, 0.6) is 0 Å². The van der Waals surface area contributed by atoms with Crippen molar-refractivity contribution >= 4 is 75.2 Å². The van der Waals surface area contributed by atoms with Crippen molar-refractivity contribution in [3.8, 4) is 0 Å². The van der Waals surface area contributed by atoms with Crippen molar-refractivity contribution in [1.29, 1.82) is 0 Å². The van der Waals surface area contributed by atoms with Crippen molar-refractivity contribution < 1.29 is 5.11 Å². The SMILES string of the molecule is CN=C(I)C(O)(I)C(I)=NC. The molecule has 0 aliphatic heterocycles. The Morgan fingerprint density at radius 3 is 1.64 bits per heavy atom. The summed E-state index contributed by atoms with van der Waals surface area (Å²) in [6, 6.07) is 0. The summed E-state index contributed by atoms with van der Waals surface area (Å²) in [7, 11) is 3.29. The summed E-state index contributed by atoms with van der Waals surface area (Å²) in [6.45, 7) is 0. The van der Waals surface area contributed by atoms with Crippen molar-refractivity contribution in [2.45, 2.75) is 3.61 Å². The predicted octanol–water partition coefficient (Wildman–Crippen LogP) is 2.04. The molecule has 0 spiro atoms. The second-order valence-corrected chi connectivity index (χ2v) is 5.26. The highest BCUT2D eigenvalue weighted by Gasteiger charge is 2.32. The summed E-state index contributed by atoms with van der Waals surface area (Å²) in [5, 5.41) is 9.76. The van der Waals surface area contributed by atoms with Crippen LogP contribution in [-0.4, -0.2) is 30.2 Å². The number of hydrogen-bond donors (Lipinski definition) is 1. The van der Waals surface area contributed by atoms with E-state index >= 15 is 0 Å². The van der Waals surface area contributed by atoms with Gasteiger partial charge in [-0.25, -0.2) is 0 Å². The maximum absolute atomic E-state index is 9.76. The minimum absolute atomic E-state index is 0.630. The third-order valence-corrected chi connectivity index (χ3v) is 6.55. The third kappa shape index (κ3) is 3.38. The molecule has 11 heavy (non-hydrogen) atoms. The maximum atomic E-state index is 9.76. The average Bonchev–Trinajstić information content (AvgIpc) is 2.01. The summed E-state index contributed by atoms with van der Waals surface area (Å²) in [6.07, 6.45) is 0. The third-order valence-electron chi connectivity index (χ3n) is 0.939. The molecule has 0 unspecified atom stereocenters. The van der Waals surface area contributed by atoms with E-state index in [1.165, 1.54) is 0 Å². The first-order valence-electron chi connectivity index (χ1n) is 2.63. The number of halogens is 3. The Labute approximate surface area is 107 Å². The van der Waals surface area contributed by atoms with Gasteiger partial charge in [0.1, 0.15) is 7.44 Å². The first-order valence-corrected chi connectivity index (χ1v) is 5.87. The lowest BCUT2D eigenvalue weighted by atomic mass is 10.4. The van der Waals surface area contributed by atoms with Crippen LogP contribution in [0.4, 0.5) is 0 Å². The zero-order valence-corrected chi connectivity index (χ0v) is 12.4. The van der Waals surface area contributed by atoms with Crippen LogP contribution < -0.4 is 0 Å². The molecule has 0 aromatic carbocycles. The Kier molecular flexibility index (Phi) is 5.98. The fourth-order valence-corrected chi connectivity index (χ4v) is 1.89.